The third-order valence-electron chi connectivity index (χ3n) is 5.57. The minimum atomic E-state index is -4.90. The topological polar surface area (TPSA) is 88.0 Å². The van der Waals surface area contributed by atoms with E-state index in [-0.39, 0.29) is 26.5 Å². The monoisotopic (exact) mass is 560 g/mol. The summed E-state index contributed by atoms with van der Waals surface area (Å²) in [6.07, 6.45) is -2.63. The van der Waals surface area contributed by atoms with E-state index in [0.717, 1.165) is 35.3 Å². The average Bonchev–Trinajstić information content (AvgIpc) is 3.43. The number of alkyl halides is 3. The van der Waals surface area contributed by atoms with Crippen LogP contribution in [0.15, 0.2) is 5.16 Å². The molecule has 4 rings (SSSR count). The van der Waals surface area contributed by atoms with Gasteiger partial charge in [0, 0.05) is 4.88 Å². The first-order valence-corrected chi connectivity index (χ1v) is 12.3. The number of aliphatic carboxylic acids is 1. The quantitative estimate of drug-likeness (QED) is 0.417. The van der Waals surface area contributed by atoms with Crippen molar-refractivity contribution in [1.29, 1.82) is 0 Å². The van der Waals surface area contributed by atoms with Gasteiger partial charge in [-0.3, -0.25) is 4.79 Å². The highest BCUT2D eigenvalue weighted by molar-refractivity contribution is 7.18. The summed E-state index contributed by atoms with van der Waals surface area (Å²) in [5.41, 5.74) is -1.40. The summed E-state index contributed by atoms with van der Waals surface area (Å²) in [6.45, 7) is 0. The molecule has 1 aliphatic heterocycles. The van der Waals surface area contributed by atoms with Crippen LogP contribution in [-0.4, -0.2) is 29.4 Å². The molecular weight excluding hydrogens is 548 g/mol. The standard InChI is InChI=1S/C19H14Cl3F3N2O4S2/c20-10-11(21)16(22)33-15(10)18(19(23,24)25)5-9(27-31-18)13-7-3-1-2-4-8(7)14(32-13)12(17(29)30)26-6-28/h6,12H,1-5H2,(H,26,28)(H,29,30). The predicted octanol–water partition coefficient (Wildman–Crippen LogP) is 6.10. The summed E-state index contributed by atoms with van der Waals surface area (Å²) in [5, 5.41) is 15.1. The van der Waals surface area contributed by atoms with Crippen LogP contribution in [0.1, 0.15) is 51.1 Å². The Hall–Kier alpha value is -1.53. The summed E-state index contributed by atoms with van der Waals surface area (Å²) in [6, 6.07) is -1.31. The molecule has 0 fully saturated rings. The third kappa shape index (κ3) is 4.01. The van der Waals surface area contributed by atoms with E-state index in [9.17, 15) is 27.9 Å². The van der Waals surface area contributed by atoms with Gasteiger partial charge in [-0.25, -0.2) is 4.79 Å². The molecule has 0 saturated heterocycles. The second kappa shape index (κ2) is 8.92. The maximum absolute atomic E-state index is 14.3. The van der Waals surface area contributed by atoms with Crippen molar-refractivity contribution in [2.24, 2.45) is 5.16 Å². The van der Waals surface area contributed by atoms with Gasteiger partial charge in [0.25, 0.3) is 5.60 Å². The summed E-state index contributed by atoms with van der Waals surface area (Å²) in [7, 11) is 0. The van der Waals surface area contributed by atoms with E-state index in [2.05, 4.69) is 10.5 Å². The number of oxime groups is 1. The first-order valence-electron chi connectivity index (χ1n) is 9.54. The van der Waals surface area contributed by atoms with Crippen molar-refractivity contribution in [3.8, 4) is 0 Å². The number of carboxylic acid groups (broad SMARTS) is 1. The summed E-state index contributed by atoms with van der Waals surface area (Å²) in [4.78, 5) is 28.1. The van der Waals surface area contributed by atoms with Crippen LogP contribution < -0.4 is 5.32 Å². The van der Waals surface area contributed by atoms with Gasteiger partial charge >= 0.3 is 12.1 Å². The SMILES string of the molecule is O=CNC(C(=O)O)c1sc(C2=NOC(c3sc(Cl)c(Cl)c3Cl)(C(F)(F)F)C2)c2c1CCCC2. The molecule has 2 unspecified atom stereocenters. The zero-order valence-corrected chi connectivity index (χ0v) is 20.3. The number of nitrogens with zero attached hydrogens (tertiary/aromatic N) is 1. The second-order valence-electron chi connectivity index (χ2n) is 7.48. The zero-order chi connectivity index (χ0) is 24.1. The number of hydrogen-bond acceptors (Lipinski definition) is 6. The van der Waals surface area contributed by atoms with Crippen molar-refractivity contribution >= 4 is 75.6 Å². The molecule has 1 aliphatic carbocycles. The van der Waals surface area contributed by atoms with E-state index >= 15 is 0 Å². The Bertz CT molecular complexity index is 1160. The van der Waals surface area contributed by atoms with Gasteiger partial charge in [-0.05, 0) is 36.8 Å². The van der Waals surface area contributed by atoms with Gasteiger partial charge in [-0.1, -0.05) is 40.0 Å². The fraction of sp³-hybridized carbons (Fsp3) is 0.421. The Morgan fingerprint density at radius 1 is 1.18 bits per heavy atom. The molecule has 1 amide bonds. The summed E-state index contributed by atoms with van der Waals surface area (Å²) in [5.74, 6) is -1.27. The molecule has 0 radical (unpaired) electrons. The molecule has 2 aromatic rings. The Kier molecular flexibility index (Phi) is 6.65. The van der Waals surface area contributed by atoms with Gasteiger partial charge < -0.3 is 15.3 Å². The van der Waals surface area contributed by atoms with E-state index < -0.39 is 35.1 Å². The van der Waals surface area contributed by atoms with Gasteiger partial charge in [0.05, 0.1) is 26.2 Å². The summed E-state index contributed by atoms with van der Waals surface area (Å²) >= 11 is 19.5. The normalized spacial score (nSPS) is 21.2. The lowest BCUT2D eigenvalue weighted by molar-refractivity contribution is -0.274. The number of fused-ring (bicyclic) bond motifs is 1. The Balaban J connectivity index is 1.80. The number of amides is 1. The number of carbonyl (C=O) groups is 2. The molecule has 0 spiro atoms. The molecule has 0 aromatic carbocycles. The lowest BCUT2D eigenvalue weighted by atomic mass is 9.87. The number of carbonyl (C=O) groups excluding carboxylic acids is 1. The number of hydrogen-bond donors (Lipinski definition) is 2. The highest BCUT2D eigenvalue weighted by Crippen LogP contribution is 2.56. The molecule has 2 atom stereocenters. The Morgan fingerprint density at radius 2 is 1.85 bits per heavy atom. The lowest BCUT2D eigenvalue weighted by Crippen LogP contribution is -2.42. The van der Waals surface area contributed by atoms with Crippen molar-refractivity contribution in [2.45, 2.75) is 49.9 Å². The fourth-order valence-corrected chi connectivity index (χ4v) is 7.48. The molecule has 33 heavy (non-hydrogen) atoms. The van der Waals surface area contributed by atoms with Crippen molar-refractivity contribution < 1.29 is 32.7 Å². The molecule has 2 aliphatic rings. The average molecular weight is 562 g/mol. The van der Waals surface area contributed by atoms with Crippen LogP contribution in [0.3, 0.4) is 0 Å². The van der Waals surface area contributed by atoms with Gasteiger partial charge in [-0.2, -0.15) is 13.2 Å². The van der Waals surface area contributed by atoms with Crippen molar-refractivity contribution in [3.63, 3.8) is 0 Å². The van der Waals surface area contributed by atoms with E-state index in [1.54, 1.807) is 0 Å². The van der Waals surface area contributed by atoms with E-state index in [0.29, 0.717) is 33.9 Å². The van der Waals surface area contributed by atoms with Gasteiger partial charge in [-0.15, -0.1) is 22.7 Å². The van der Waals surface area contributed by atoms with E-state index in [4.69, 9.17) is 39.6 Å². The second-order valence-corrected chi connectivity index (χ2v) is 10.9. The van der Waals surface area contributed by atoms with Crippen LogP contribution in [0, 0.1) is 0 Å². The first kappa shape index (κ1) is 24.6. The molecule has 2 aromatic heterocycles. The summed E-state index contributed by atoms with van der Waals surface area (Å²) < 4.78 is 42.9. The van der Waals surface area contributed by atoms with Crippen LogP contribution in [0.2, 0.25) is 14.4 Å². The van der Waals surface area contributed by atoms with E-state index in [1.807, 2.05) is 0 Å². The van der Waals surface area contributed by atoms with Crippen LogP contribution in [0.4, 0.5) is 13.2 Å². The first-order chi connectivity index (χ1) is 15.5. The number of nitrogens with one attached hydrogen (secondary N) is 1. The van der Waals surface area contributed by atoms with Crippen LogP contribution in [0.25, 0.3) is 0 Å². The Labute approximate surface area is 208 Å². The zero-order valence-electron chi connectivity index (χ0n) is 16.4. The molecule has 0 bridgehead atoms. The molecule has 14 heteroatoms. The number of thiophene rings is 2. The van der Waals surface area contributed by atoms with Crippen molar-refractivity contribution in [3.05, 3.63) is 40.1 Å². The largest absolute Gasteiger partial charge is 0.479 e. The Morgan fingerprint density at radius 3 is 2.39 bits per heavy atom. The number of halogens is 6. The maximum atomic E-state index is 14.3. The fourth-order valence-electron chi connectivity index (χ4n) is 4.04. The van der Waals surface area contributed by atoms with Gasteiger partial charge in [0.1, 0.15) is 10.0 Å². The predicted molar refractivity (Wildman–Crippen MR) is 120 cm³/mol. The maximum Gasteiger partial charge on any atom is 0.436 e. The smallest absolute Gasteiger partial charge is 0.436 e. The van der Waals surface area contributed by atoms with E-state index in [1.165, 1.54) is 0 Å². The highest BCUT2D eigenvalue weighted by atomic mass is 35.5. The molecule has 2 N–H and O–H groups in total. The minimum Gasteiger partial charge on any atom is -0.479 e. The highest BCUT2D eigenvalue weighted by Gasteiger charge is 2.64. The van der Waals surface area contributed by atoms with Crippen LogP contribution >= 0.6 is 57.5 Å². The molecule has 6 nitrogen and oxygen atoms in total. The van der Waals surface area contributed by atoms with Crippen molar-refractivity contribution in [2.75, 3.05) is 0 Å². The van der Waals surface area contributed by atoms with Crippen LogP contribution in [0.5, 0.6) is 0 Å². The molecule has 3 heterocycles. The van der Waals surface area contributed by atoms with Crippen molar-refractivity contribution in [1.82, 2.24) is 5.32 Å². The third-order valence-corrected chi connectivity index (χ3v) is 9.67. The number of carboxylic acids is 1. The molecular formula is C19H14Cl3F3N2O4S2. The van der Waals surface area contributed by atoms with Crippen LogP contribution in [-0.2, 0) is 32.9 Å². The lowest BCUT2D eigenvalue weighted by Gasteiger charge is -2.28. The molecule has 178 valence electrons. The minimum absolute atomic E-state index is 0.0219. The molecule has 0 saturated carbocycles. The van der Waals surface area contributed by atoms with Gasteiger partial charge in [0.2, 0.25) is 6.41 Å². The van der Waals surface area contributed by atoms with Gasteiger partial charge in [0.15, 0.2) is 6.04 Å². The number of rotatable bonds is 6.